The first kappa shape index (κ1) is 18.0. The van der Waals surface area contributed by atoms with Gasteiger partial charge in [0.1, 0.15) is 5.69 Å². The summed E-state index contributed by atoms with van der Waals surface area (Å²) in [5, 5.41) is 2.96. The number of imidazole rings is 2. The molecule has 0 saturated carbocycles. The average Bonchev–Trinajstić information content (AvgIpc) is 3.33. The van der Waals surface area contributed by atoms with Crippen molar-refractivity contribution in [3.8, 4) is 11.5 Å². The lowest BCUT2D eigenvalue weighted by Gasteiger charge is -2.07. The van der Waals surface area contributed by atoms with Crippen LogP contribution in [0.4, 0.5) is 5.69 Å². The van der Waals surface area contributed by atoms with Crippen LogP contribution < -0.4 is 5.32 Å². The van der Waals surface area contributed by atoms with Gasteiger partial charge in [0.25, 0.3) is 5.91 Å². The molecule has 142 valence electrons. The topological polar surface area (TPSA) is 64.2 Å². The Morgan fingerprint density at radius 1 is 1.14 bits per heavy atom. The first-order chi connectivity index (χ1) is 13.6. The Morgan fingerprint density at radius 2 is 1.93 bits per heavy atom. The standard InChI is InChI=1S/C22H23N5O/c1-4-26-13-18(23-14-26)21-25-20(19-7-5-6-12-27(19)21)22(28)24-17-10-8-16(9-11-17)15(2)3/h5-15H,4H2,1-3H3,(H,24,28). The zero-order valence-corrected chi connectivity index (χ0v) is 16.3. The summed E-state index contributed by atoms with van der Waals surface area (Å²) in [6, 6.07) is 13.6. The summed E-state index contributed by atoms with van der Waals surface area (Å²) in [5.41, 5.74) is 3.86. The summed E-state index contributed by atoms with van der Waals surface area (Å²) in [7, 11) is 0. The molecule has 0 aliphatic rings. The molecule has 4 aromatic rings. The highest BCUT2D eigenvalue weighted by Gasteiger charge is 2.19. The Bertz CT molecular complexity index is 1120. The number of rotatable bonds is 5. The van der Waals surface area contributed by atoms with Crippen LogP contribution >= 0.6 is 0 Å². The number of pyridine rings is 1. The van der Waals surface area contributed by atoms with Gasteiger partial charge in [0.05, 0.1) is 11.8 Å². The third kappa shape index (κ3) is 3.29. The summed E-state index contributed by atoms with van der Waals surface area (Å²) in [6.45, 7) is 7.17. The first-order valence-electron chi connectivity index (χ1n) is 9.47. The summed E-state index contributed by atoms with van der Waals surface area (Å²) >= 11 is 0. The summed E-state index contributed by atoms with van der Waals surface area (Å²) in [5.74, 6) is 0.873. The number of anilines is 1. The van der Waals surface area contributed by atoms with Crippen molar-refractivity contribution in [1.29, 1.82) is 0 Å². The number of hydrogen-bond donors (Lipinski definition) is 1. The van der Waals surface area contributed by atoms with Crippen molar-refractivity contribution in [3.63, 3.8) is 0 Å². The highest BCUT2D eigenvalue weighted by Crippen LogP contribution is 2.23. The smallest absolute Gasteiger partial charge is 0.276 e. The fourth-order valence-electron chi connectivity index (χ4n) is 3.18. The van der Waals surface area contributed by atoms with E-state index in [1.54, 1.807) is 6.33 Å². The molecule has 0 unspecified atom stereocenters. The number of nitrogens with one attached hydrogen (secondary N) is 1. The van der Waals surface area contributed by atoms with Crippen molar-refractivity contribution < 1.29 is 4.79 Å². The Hall–Kier alpha value is -3.41. The SMILES string of the molecule is CCn1cnc(-c2nc(C(=O)Nc3ccc(C(C)C)cc3)c3ccccn23)c1. The Balaban J connectivity index is 1.69. The average molecular weight is 373 g/mol. The molecular formula is C22H23N5O. The third-order valence-electron chi connectivity index (χ3n) is 4.83. The fraction of sp³-hybridized carbons (Fsp3) is 0.227. The maximum Gasteiger partial charge on any atom is 0.276 e. The number of aromatic nitrogens is 4. The zero-order valence-electron chi connectivity index (χ0n) is 16.3. The number of fused-ring (bicyclic) bond motifs is 1. The monoisotopic (exact) mass is 373 g/mol. The van der Waals surface area contributed by atoms with E-state index in [2.05, 4.69) is 36.1 Å². The number of carbonyl (C=O) groups is 1. The van der Waals surface area contributed by atoms with Gasteiger partial charge in [-0.1, -0.05) is 32.0 Å². The molecule has 28 heavy (non-hydrogen) atoms. The van der Waals surface area contributed by atoms with E-state index in [0.29, 0.717) is 17.4 Å². The normalized spacial score (nSPS) is 11.3. The van der Waals surface area contributed by atoms with Gasteiger partial charge in [-0.2, -0.15) is 0 Å². The van der Waals surface area contributed by atoms with Crippen molar-refractivity contribution in [2.75, 3.05) is 5.32 Å². The highest BCUT2D eigenvalue weighted by atomic mass is 16.1. The van der Waals surface area contributed by atoms with Crippen molar-refractivity contribution in [3.05, 3.63) is 72.4 Å². The molecular weight excluding hydrogens is 350 g/mol. The van der Waals surface area contributed by atoms with Crippen LogP contribution in [-0.2, 0) is 6.54 Å². The van der Waals surface area contributed by atoms with E-state index in [1.807, 2.05) is 63.8 Å². The molecule has 0 bridgehead atoms. The molecule has 0 radical (unpaired) electrons. The Labute approximate surface area is 163 Å². The van der Waals surface area contributed by atoms with Crippen molar-refractivity contribution in [2.45, 2.75) is 33.2 Å². The van der Waals surface area contributed by atoms with Crippen molar-refractivity contribution in [2.24, 2.45) is 0 Å². The zero-order chi connectivity index (χ0) is 19.7. The maximum atomic E-state index is 12.9. The molecule has 0 atom stereocenters. The quantitative estimate of drug-likeness (QED) is 0.556. The number of amides is 1. The molecule has 3 aromatic heterocycles. The molecule has 0 aliphatic heterocycles. The molecule has 1 N–H and O–H groups in total. The van der Waals surface area contributed by atoms with Crippen LogP contribution in [0.1, 0.15) is 42.7 Å². The van der Waals surface area contributed by atoms with Crippen molar-refractivity contribution in [1.82, 2.24) is 18.9 Å². The number of nitrogens with zero attached hydrogens (tertiary/aromatic N) is 4. The number of aryl methyl sites for hydroxylation is 1. The summed E-state index contributed by atoms with van der Waals surface area (Å²) < 4.78 is 3.88. The summed E-state index contributed by atoms with van der Waals surface area (Å²) in [6.07, 6.45) is 5.61. The largest absolute Gasteiger partial charge is 0.337 e. The predicted octanol–water partition coefficient (Wildman–Crippen LogP) is 4.59. The van der Waals surface area contributed by atoms with Gasteiger partial charge in [0.2, 0.25) is 0 Å². The Morgan fingerprint density at radius 3 is 2.61 bits per heavy atom. The molecule has 0 aliphatic carbocycles. The van der Waals surface area contributed by atoms with Gasteiger partial charge in [-0.05, 0) is 42.7 Å². The molecule has 0 fully saturated rings. The molecule has 6 heteroatoms. The van der Waals surface area contributed by atoms with Crippen LogP contribution in [0.3, 0.4) is 0 Å². The molecule has 4 rings (SSSR count). The van der Waals surface area contributed by atoms with E-state index in [4.69, 9.17) is 0 Å². The van der Waals surface area contributed by atoms with Crippen LogP contribution in [0.2, 0.25) is 0 Å². The van der Waals surface area contributed by atoms with Gasteiger partial charge in [0, 0.05) is 24.6 Å². The lowest BCUT2D eigenvalue weighted by Crippen LogP contribution is -2.12. The van der Waals surface area contributed by atoms with E-state index in [-0.39, 0.29) is 5.91 Å². The number of carbonyl (C=O) groups excluding carboxylic acids is 1. The maximum absolute atomic E-state index is 12.9. The lowest BCUT2D eigenvalue weighted by atomic mass is 10.0. The molecule has 6 nitrogen and oxygen atoms in total. The van der Waals surface area contributed by atoms with Crippen LogP contribution in [0, 0.1) is 0 Å². The van der Waals surface area contributed by atoms with E-state index < -0.39 is 0 Å². The first-order valence-corrected chi connectivity index (χ1v) is 9.47. The van der Waals surface area contributed by atoms with E-state index in [1.165, 1.54) is 5.56 Å². The van der Waals surface area contributed by atoms with Gasteiger partial charge >= 0.3 is 0 Å². The number of benzene rings is 1. The second kappa shape index (κ2) is 7.31. The second-order valence-corrected chi connectivity index (χ2v) is 7.06. The lowest BCUT2D eigenvalue weighted by molar-refractivity contribution is 0.102. The second-order valence-electron chi connectivity index (χ2n) is 7.06. The van der Waals surface area contributed by atoms with E-state index in [0.717, 1.165) is 23.4 Å². The molecule has 0 saturated heterocycles. The molecule has 1 amide bonds. The molecule has 0 spiro atoms. The van der Waals surface area contributed by atoms with Crippen LogP contribution in [0.15, 0.2) is 61.2 Å². The highest BCUT2D eigenvalue weighted by molar-refractivity contribution is 6.08. The molecule has 1 aromatic carbocycles. The predicted molar refractivity (Wildman–Crippen MR) is 111 cm³/mol. The van der Waals surface area contributed by atoms with Crippen LogP contribution in [-0.4, -0.2) is 24.8 Å². The minimum Gasteiger partial charge on any atom is -0.337 e. The van der Waals surface area contributed by atoms with Crippen LogP contribution in [0.25, 0.3) is 17.0 Å². The third-order valence-corrected chi connectivity index (χ3v) is 4.83. The van der Waals surface area contributed by atoms with Gasteiger partial charge in [-0.3, -0.25) is 9.20 Å². The minimum absolute atomic E-state index is 0.234. The minimum atomic E-state index is -0.234. The number of hydrogen-bond acceptors (Lipinski definition) is 3. The van der Waals surface area contributed by atoms with Gasteiger partial charge < -0.3 is 9.88 Å². The van der Waals surface area contributed by atoms with Gasteiger partial charge in [0.15, 0.2) is 11.5 Å². The van der Waals surface area contributed by atoms with E-state index >= 15 is 0 Å². The Kier molecular flexibility index (Phi) is 4.69. The van der Waals surface area contributed by atoms with E-state index in [9.17, 15) is 4.79 Å². The fourth-order valence-corrected chi connectivity index (χ4v) is 3.18. The molecule has 3 heterocycles. The van der Waals surface area contributed by atoms with Crippen LogP contribution in [0.5, 0.6) is 0 Å². The van der Waals surface area contributed by atoms with Gasteiger partial charge in [-0.15, -0.1) is 0 Å². The summed E-state index contributed by atoms with van der Waals surface area (Å²) in [4.78, 5) is 22.0. The van der Waals surface area contributed by atoms with Gasteiger partial charge in [-0.25, -0.2) is 9.97 Å². The van der Waals surface area contributed by atoms with Crippen molar-refractivity contribution >= 4 is 17.1 Å².